The monoisotopic (exact) mass is 306 g/mol. The van der Waals surface area contributed by atoms with Crippen molar-refractivity contribution >= 4 is 17.4 Å². The van der Waals surface area contributed by atoms with Crippen LogP contribution in [0.15, 0.2) is 18.3 Å². The predicted octanol–water partition coefficient (Wildman–Crippen LogP) is 1.31. The fourth-order valence-electron chi connectivity index (χ4n) is 2.31. The number of carbonyl (C=O) groups is 2. The maximum atomic E-state index is 12.4. The van der Waals surface area contributed by atoms with Crippen molar-refractivity contribution in [3.63, 3.8) is 0 Å². The van der Waals surface area contributed by atoms with E-state index >= 15 is 0 Å². The highest BCUT2D eigenvalue weighted by Crippen LogP contribution is 2.23. The average molecular weight is 306 g/mol. The van der Waals surface area contributed by atoms with Crippen LogP contribution in [-0.4, -0.2) is 44.6 Å². The molecule has 22 heavy (non-hydrogen) atoms. The third-order valence-corrected chi connectivity index (χ3v) is 3.35. The molecule has 2 N–H and O–H groups in total. The van der Waals surface area contributed by atoms with Crippen LogP contribution in [0.3, 0.4) is 0 Å². The summed E-state index contributed by atoms with van der Waals surface area (Å²) in [6, 6.07) is 3.49. The molecular formula is C15H18N2O5. The van der Waals surface area contributed by atoms with E-state index in [1.165, 1.54) is 0 Å². The van der Waals surface area contributed by atoms with Gasteiger partial charge in [-0.2, -0.15) is 0 Å². The van der Waals surface area contributed by atoms with Gasteiger partial charge in [-0.1, -0.05) is 0 Å². The largest absolute Gasteiger partial charge is 0.490 e. The number of Topliss-reactive ketones (excluding diaryl/α,β-unsaturated/α-hetero) is 1. The minimum atomic E-state index is -1.20. The van der Waals surface area contributed by atoms with E-state index in [-0.39, 0.29) is 12.2 Å². The van der Waals surface area contributed by atoms with Crippen LogP contribution in [-0.2, 0) is 4.79 Å². The Kier molecular flexibility index (Phi) is 4.77. The number of carboxylic acid groups (broad SMARTS) is 1. The minimum absolute atomic E-state index is 0.278. The quantitative estimate of drug-likeness (QED) is 0.748. The molecule has 0 spiro atoms. The van der Waals surface area contributed by atoms with Crippen LogP contribution in [0.5, 0.6) is 5.75 Å². The molecule has 0 bridgehead atoms. The lowest BCUT2D eigenvalue weighted by Crippen LogP contribution is -2.22. The lowest BCUT2D eigenvalue weighted by atomic mass is 10.0. The number of fused-ring (bicyclic) bond motifs is 1. The first kappa shape index (κ1) is 16.0. The van der Waals surface area contributed by atoms with Crippen LogP contribution >= 0.6 is 0 Å². The number of aliphatic hydroxyl groups excluding tert-OH is 1. The van der Waals surface area contributed by atoms with Crippen molar-refractivity contribution in [1.82, 2.24) is 9.38 Å². The lowest BCUT2D eigenvalue weighted by Gasteiger charge is -2.09. The highest BCUT2D eigenvalue weighted by molar-refractivity contribution is 5.98. The van der Waals surface area contributed by atoms with E-state index in [2.05, 4.69) is 4.98 Å². The van der Waals surface area contributed by atoms with Gasteiger partial charge in [0.1, 0.15) is 5.69 Å². The summed E-state index contributed by atoms with van der Waals surface area (Å²) < 4.78 is 7.08. The number of hydrogen-bond acceptors (Lipinski definition) is 5. The fourth-order valence-corrected chi connectivity index (χ4v) is 2.31. The number of hydrogen-bond donors (Lipinski definition) is 2. The van der Waals surface area contributed by atoms with E-state index in [4.69, 9.17) is 14.9 Å². The molecule has 0 fully saturated rings. The Morgan fingerprint density at radius 3 is 2.77 bits per heavy atom. The average Bonchev–Trinajstić information content (AvgIpc) is 2.81. The molecule has 7 heteroatoms. The van der Waals surface area contributed by atoms with Gasteiger partial charge in [0.25, 0.3) is 0 Å². The molecule has 2 aromatic rings. The highest BCUT2D eigenvalue weighted by atomic mass is 16.5. The minimum Gasteiger partial charge on any atom is -0.490 e. The smallest absolute Gasteiger partial charge is 0.309 e. The number of aliphatic hydroxyl groups is 1. The van der Waals surface area contributed by atoms with Gasteiger partial charge in [0.15, 0.2) is 17.2 Å². The number of nitrogens with zero attached hydrogens (tertiary/aromatic N) is 2. The number of pyridine rings is 1. The van der Waals surface area contributed by atoms with E-state index in [0.29, 0.717) is 29.4 Å². The molecule has 0 aliphatic rings. The number of aromatic nitrogens is 2. The first-order valence-electron chi connectivity index (χ1n) is 6.96. The Morgan fingerprint density at radius 2 is 2.18 bits per heavy atom. The van der Waals surface area contributed by atoms with Crippen LogP contribution in [0.1, 0.15) is 29.5 Å². The third-order valence-electron chi connectivity index (χ3n) is 3.35. The van der Waals surface area contributed by atoms with Gasteiger partial charge < -0.3 is 14.9 Å². The van der Waals surface area contributed by atoms with Gasteiger partial charge in [0.2, 0.25) is 0 Å². The molecule has 2 rings (SSSR count). The summed E-state index contributed by atoms with van der Waals surface area (Å²) in [6.45, 7) is 3.43. The second kappa shape index (κ2) is 6.57. The van der Waals surface area contributed by atoms with Gasteiger partial charge >= 0.3 is 5.97 Å². The Labute approximate surface area is 127 Å². The van der Waals surface area contributed by atoms with Gasteiger partial charge in [-0.15, -0.1) is 0 Å². The second-order valence-electron chi connectivity index (χ2n) is 4.89. The van der Waals surface area contributed by atoms with Crippen molar-refractivity contribution in [2.45, 2.75) is 20.3 Å². The van der Waals surface area contributed by atoms with Crippen molar-refractivity contribution < 1.29 is 24.5 Å². The van der Waals surface area contributed by atoms with Crippen LogP contribution in [0.2, 0.25) is 0 Å². The molecule has 0 radical (unpaired) electrons. The maximum absolute atomic E-state index is 12.4. The van der Waals surface area contributed by atoms with E-state index in [1.807, 2.05) is 6.92 Å². The van der Waals surface area contributed by atoms with Gasteiger partial charge in [-0.3, -0.25) is 14.0 Å². The van der Waals surface area contributed by atoms with Crippen molar-refractivity contribution in [2.24, 2.45) is 5.92 Å². The summed E-state index contributed by atoms with van der Waals surface area (Å²) in [6.07, 6.45) is 1.40. The van der Waals surface area contributed by atoms with Gasteiger partial charge in [0.05, 0.1) is 24.8 Å². The third kappa shape index (κ3) is 2.94. The number of rotatable bonds is 7. The number of ether oxygens (including phenoxy) is 1. The van der Waals surface area contributed by atoms with Gasteiger partial charge in [0, 0.05) is 12.6 Å². The molecule has 118 valence electrons. The zero-order valence-corrected chi connectivity index (χ0v) is 12.4. The molecule has 0 aliphatic heterocycles. The molecule has 0 aliphatic carbocycles. The number of aliphatic carboxylic acids is 1. The van der Waals surface area contributed by atoms with E-state index in [9.17, 15) is 9.59 Å². The Balaban J connectivity index is 2.43. The van der Waals surface area contributed by atoms with Gasteiger partial charge in [-0.05, 0) is 26.0 Å². The maximum Gasteiger partial charge on any atom is 0.309 e. The Morgan fingerprint density at radius 1 is 1.45 bits per heavy atom. The van der Waals surface area contributed by atoms with Crippen LogP contribution in [0, 0.1) is 12.8 Å². The van der Waals surface area contributed by atoms with Crippen molar-refractivity contribution in [1.29, 1.82) is 0 Å². The zero-order valence-electron chi connectivity index (χ0n) is 12.4. The van der Waals surface area contributed by atoms with Crippen LogP contribution < -0.4 is 4.74 Å². The van der Waals surface area contributed by atoms with Crippen molar-refractivity contribution in [2.75, 3.05) is 13.2 Å². The predicted molar refractivity (Wildman–Crippen MR) is 78.3 cm³/mol. The number of ketones is 1. The number of carbonyl (C=O) groups excluding carboxylic acids is 1. The molecule has 0 saturated carbocycles. The molecule has 1 atom stereocenters. The zero-order chi connectivity index (χ0) is 16.3. The summed E-state index contributed by atoms with van der Waals surface area (Å²) in [5.74, 6) is -2.13. The molecule has 0 unspecified atom stereocenters. The van der Waals surface area contributed by atoms with E-state index in [1.54, 1.807) is 29.7 Å². The standard InChI is InChI=1S/C15H18N2O5/c1-3-22-12-5-4-6-17-13(9(2)16-14(12)17)11(19)7-10(8-18)15(20)21/h4-6,10,18H,3,7-8H2,1-2H3,(H,20,21)/t10-/m0/s1. The SMILES string of the molecule is CCOc1cccn2c(C(=O)C[C@@H](CO)C(=O)O)c(C)nc12. The summed E-state index contributed by atoms with van der Waals surface area (Å²) in [4.78, 5) is 27.7. The number of aryl methyl sites for hydroxylation is 1. The summed E-state index contributed by atoms with van der Waals surface area (Å²) in [5.41, 5.74) is 1.33. The number of imidazole rings is 1. The van der Waals surface area contributed by atoms with Crippen molar-refractivity contribution in [3.8, 4) is 5.75 Å². The van der Waals surface area contributed by atoms with Crippen LogP contribution in [0.25, 0.3) is 5.65 Å². The summed E-state index contributed by atoms with van der Waals surface area (Å²) in [7, 11) is 0. The summed E-state index contributed by atoms with van der Waals surface area (Å²) in [5, 5.41) is 18.0. The molecule has 0 amide bonds. The first-order valence-corrected chi connectivity index (χ1v) is 6.96. The molecular weight excluding hydrogens is 288 g/mol. The van der Waals surface area contributed by atoms with Gasteiger partial charge in [-0.25, -0.2) is 4.98 Å². The van der Waals surface area contributed by atoms with E-state index < -0.39 is 18.5 Å². The first-order chi connectivity index (χ1) is 10.5. The lowest BCUT2D eigenvalue weighted by molar-refractivity contribution is -0.142. The van der Waals surface area contributed by atoms with Crippen LogP contribution in [0.4, 0.5) is 0 Å². The number of carboxylic acids is 1. The Bertz CT molecular complexity index is 707. The van der Waals surface area contributed by atoms with Crippen molar-refractivity contribution in [3.05, 3.63) is 29.7 Å². The second-order valence-corrected chi connectivity index (χ2v) is 4.89. The van der Waals surface area contributed by atoms with E-state index in [0.717, 1.165) is 0 Å². The fraction of sp³-hybridized carbons (Fsp3) is 0.400. The molecule has 7 nitrogen and oxygen atoms in total. The summed E-state index contributed by atoms with van der Waals surface area (Å²) >= 11 is 0. The molecule has 2 aromatic heterocycles. The topological polar surface area (TPSA) is 101 Å². The molecule has 0 aromatic carbocycles. The molecule has 0 saturated heterocycles. The molecule has 2 heterocycles. The highest BCUT2D eigenvalue weighted by Gasteiger charge is 2.25. The Hall–Kier alpha value is -2.41. The normalized spacial score (nSPS) is 12.3.